The number of para-hydroxylation sites is 1. The maximum absolute atomic E-state index is 12.2. The number of hydrogen-bond donors (Lipinski definition) is 1. The zero-order chi connectivity index (χ0) is 21.2. The molecule has 2 heterocycles. The number of thioether (sulfide) groups is 1. The number of aliphatic carboxylic acids is 1. The number of aliphatic imine (C=N–C) groups is 1. The number of sulfone groups is 1. The van der Waals surface area contributed by atoms with Crippen molar-refractivity contribution >= 4 is 44.3 Å². The quantitative estimate of drug-likeness (QED) is 0.679. The van der Waals surface area contributed by atoms with Crippen molar-refractivity contribution in [3.8, 4) is 0 Å². The molecule has 2 fully saturated rings. The lowest BCUT2D eigenvalue weighted by Gasteiger charge is -2.29. The number of carboxylic acid groups (broad SMARTS) is 1. The van der Waals surface area contributed by atoms with E-state index in [-0.39, 0.29) is 22.8 Å². The molecule has 0 unspecified atom stereocenters. The van der Waals surface area contributed by atoms with Gasteiger partial charge in [0, 0.05) is 10.9 Å². The Bertz CT molecular complexity index is 922. The smallest absolute Gasteiger partial charge is 0.329 e. The van der Waals surface area contributed by atoms with Crippen LogP contribution in [0.2, 0.25) is 0 Å². The fraction of sp³-hybridized carbons (Fsp3) is 0.526. The summed E-state index contributed by atoms with van der Waals surface area (Å²) in [5.41, 5.74) is 3.06. The Morgan fingerprint density at radius 1 is 1.21 bits per heavy atom. The van der Waals surface area contributed by atoms with Gasteiger partial charge in [-0.3, -0.25) is 4.79 Å². The Hall–Kier alpha value is -1.91. The molecular weight excluding hydrogens is 416 g/mol. The van der Waals surface area contributed by atoms with Crippen LogP contribution in [0.1, 0.15) is 25.0 Å². The van der Waals surface area contributed by atoms with Crippen LogP contribution in [0.5, 0.6) is 0 Å². The molecule has 10 heteroatoms. The van der Waals surface area contributed by atoms with Gasteiger partial charge in [0.05, 0.1) is 17.5 Å². The minimum absolute atomic E-state index is 0.0224. The van der Waals surface area contributed by atoms with E-state index in [0.717, 1.165) is 29.7 Å². The van der Waals surface area contributed by atoms with E-state index in [2.05, 4.69) is 4.99 Å². The molecule has 29 heavy (non-hydrogen) atoms. The molecule has 1 aromatic carbocycles. The second-order valence-corrected chi connectivity index (χ2v) is 10.3. The fourth-order valence-electron chi connectivity index (χ4n) is 3.72. The second kappa shape index (κ2) is 8.85. The molecule has 2 saturated heterocycles. The topological polar surface area (TPSA) is 113 Å². The lowest BCUT2D eigenvalue weighted by atomic mass is 10.0. The summed E-state index contributed by atoms with van der Waals surface area (Å²) in [6.45, 7) is 3.06. The van der Waals surface area contributed by atoms with Gasteiger partial charge in [-0.2, -0.15) is 4.99 Å². The molecule has 0 aliphatic carbocycles. The monoisotopic (exact) mass is 440 g/mol. The first-order valence-corrected chi connectivity index (χ1v) is 12.1. The summed E-state index contributed by atoms with van der Waals surface area (Å²) in [7, 11) is -3.15. The Kier molecular flexibility index (Phi) is 6.65. The molecule has 0 aromatic heterocycles. The van der Waals surface area contributed by atoms with Gasteiger partial charge in [-0.15, -0.1) is 0 Å². The van der Waals surface area contributed by atoms with E-state index < -0.39 is 34.9 Å². The normalized spacial score (nSPS) is 24.1. The predicted molar refractivity (Wildman–Crippen MR) is 112 cm³/mol. The van der Waals surface area contributed by atoms with E-state index in [0.29, 0.717) is 5.17 Å². The van der Waals surface area contributed by atoms with Crippen molar-refractivity contribution in [3.05, 3.63) is 29.3 Å². The van der Waals surface area contributed by atoms with E-state index in [1.807, 2.05) is 36.9 Å². The second-order valence-electron chi connectivity index (χ2n) is 6.98. The van der Waals surface area contributed by atoms with Crippen LogP contribution < -0.4 is 4.90 Å². The van der Waals surface area contributed by atoms with Crippen molar-refractivity contribution in [3.63, 3.8) is 0 Å². The number of aryl methyl sites for hydroxylation is 2. The van der Waals surface area contributed by atoms with Crippen molar-refractivity contribution in [1.82, 2.24) is 0 Å². The van der Waals surface area contributed by atoms with Crippen molar-refractivity contribution in [2.45, 2.75) is 38.0 Å². The molecule has 2 atom stereocenters. The predicted octanol–water partition coefficient (Wildman–Crippen LogP) is 1.51. The summed E-state index contributed by atoms with van der Waals surface area (Å²) >= 11 is 1.30. The van der Waals surface area contributed by atoms with Crippen LogP contribution in [0.25, 0.3) is 0 Å². The lowest BCUT2D eigenvalue weighted by molar-refractivity contribution is -0.143. The number of amides is 1. The molecule has 0 spiro atoms. The van der Waals surface area contributed by atoms with E-state index in [9.17, 15) is 18.0 Å². The van der Waals surface area contributed by atoms with Crippen LogP contribution in [0.4, 0.5) is 5.69 Å². The van der Waals surface area contributed by atoms with Crippen molar-refractivity contribution in [1.29, 1.82) is 0 Å². The SMILES string of the molecule is CCc1cccc(CC)c1N1C(=NC(=O)COCC(=O)O)S[C@H]2CS(=O)(=O)C[C@@H]21. The average Bonchev–Trinajstić information content (AvgIpc) is 3.11. The molecule has 0 radical (unpaired) electrons. The molecule has 1 aromatic rings. The van der Waals surface area contributed by atoms with E-state index in [1.54, 1.807) is 0 Å². The lowest BCUT2D eigenvalue weighted by Crippen LogP contribution is -2.39. The van der Waals surface area contributed by atoms with E-state index in [4.69, 9.17) is 9.84 Å². The Morgan fingerprint density at radius 2 is 1.86 bits per heavy atom. The maximum Gasteiger partial charge on any atom is 0.329 e. The van der Waals surface area contributed by atoms with Gasteiger partial charge in [0.25, 0.3) is 5.91 Å². The first-order chi connectivity index (χ1) is 13.8. The van der Waals surface area contributed by atoms with Gasteiger partial charge in [-0.05, 0) is 24.0 Å². The minimum atomic E-state index is -3.15. The molecule has 1 N–H and O–H groups in total. The van der Waals surface area contributed by atoms with Gasteiger partial charge >= 0.3 is 5.97 Å². The molecule has 1 amide bonds. The third-order valence-electron chi connectivity index (χ3n) is 4.94. The van der Waals surface area contributed by atoms with Gasteiger partial charge in [-0.1, -0.05) is 43.8 Å². The minimum Gasteiger partial charge on any atom is -0.480 e. The Balaban J connectivity index is 1.98. The van der Waals surface area contributed by atoms with Crippen molar-refractivity contribution in [2.75, 3.05) is 29.6 Å². The number of anilines is 1. The number of nitrogens with zero attached hydrogens (tertiary/aromatic N) is 2. The average molecular weight is 441 g/mol. The van der Waals surface area contributed by atoms with Crippen LogP contribution in [-0.4, -0.2) is 66.6 Å². The number of carboxylic acids is 1. The Labute approximate surface area is 174 Å². The molecule has 3 rings (SSSR count). The number of benzene rings is 1. The number of carbonyl (C=O) groups excluding carboxylic acids is 1. The van der Waals surface area contributed by atoms with Crippen LogP contribution in [0.3, 0.4) is 0 Å². The molecule has 158 valence electrons. The van der Waals surface area contributed by atoms with E-state index in [1.165, 1.54) is 11.8 Å². The summed E-state index contributed by atoms with van der Waals surface area (Å²) in [6.07, 6.45) is 1.52. The molecule has 2 aliphatic rings. The molecule has 2 aliphatic heterocycles. The highest BCUT2D eigenvalue weighted by Gasteiger charge is 2.50. The van der Waals surface area contributed by atoms with Crippen LogP contribution in [0.15, 0.2) is 23.2 Å². The fourth-order valence-corrected chi connectivity index (χ4v) is 7.63. The number of fused-ring (bicyclic) bond motifs is 1. The number of hydrogen-bond acceptors (Lipinski definition) is 6. The maximum atomic E-state index is 12.2. The molecule has 0 bridgehead atoms. The zero-order valence-electron chi connectivity index (χ0n) is 16.3. The summed E-state index contributed by atoms with van der Waals surface area (Å²) in [4.78, 5) is 28.9. The van der Waals surface area contributed by atoms with Crippen molar-refractivity contribution in [2.24, 2.45) is 4.99 Å². The Morgan fingerprint density at radius 3 is 2.45 bits per heavy atom. The van der Waals surface area contributed by atoms with Crippen LogP contribution >= 0.6 is 11.8 Å². The van der Waals surface area contributed by atoms with Gasteiger partial charge in [0.1, 0.15) is 13.2 Å². The highest BCUT2D eigenvalue weighted by molar-refractivity contribution is 8.16. The number of amidine groups is 1. The summed E-state index contributed by atoms with van der Waals surface area (Å²) in [5.74, 6) is -1.67. The first kappa shape index (κ1) is 21.8. The molecule has 0 saturated carbocycles. The van der Waals surface area contributed by atoms with Gasteiger partial charge in [0.2, 0.25) is 0 Å². The zero-order valence-corrected chi connectivity index (χ0v) is 18.0. The van der Waals surface area contributed by atoms with Gasteiger partial charge < -0.3 is 14.7 Å². The van der Waals surface area contributed by atoms with E-state index >= 15 is 0 Å². The number of ether oxygens (including phenoxy) is 1. The third kappa shape index (κ3) is 4.81. The molecular formula is C19H24N2O6S2. The number of rotatable bonds is 7. The third-order valence-corrected chi connectivity index (χ3v) is 8.15. The van der Waals surface area contributed by atoms with Gasteiger partial charge in [0.15, 0.2) is 15.0 Å². The summed E-state index contributed by atoms with van der Waals surface area (Å²) in [6, 6.07) is 5.71. The highest BCUT2D eigenvalue weighted by Crippen LogP contribution is 2.43. The van der Waals surface area contributed by atoms with Gasteiger partial charge in [-0.25, -0.2) is 13.2 Å². The van der Waals surface area contributed by atoms with Crippen molar-refractivity contribution < 1.29 is 27.9 Å². The number of carbonyl (C=O) groups is 2. The summed E-state index contributed by atoms with van der Waals surface area (Å²) in [5, 5.41) is 8.89. The van der Waals surface area contributed by atoms with Crippen LogP contribution in [-0.2, 0) is 37.0 Å². The first-order valence-electron chi connectivity index (χ1n) is 9.43. The highest BCUT2D eigenvalue weighted by atomic mass is 32.2. The summed E-state index contributed by atoms with van der Waals surface area (Å²) < 4.78 is 29.3. The largest absolute Gasteiger partial charge is 0.480 e. The van der Waals surface area contributed by atoms with Crippen LogP contribution in [0, 0.1) is 0 Å². The molecule has 8 nitrogen and oxygen atoms in total. The standard InChI is InChI=1S/C19H24N2O6S2/c1-3-12-6-5-7-13(4-2)18(12)21-14-10-29(25,26)11-15(14)28-19(21)20-16(22)8-27-9-17(23)24/h5-7,14-15H,3-4,8-11H2,1-2H3,(H,23,24)/t14-,15-/m0/s1.